The Bertz CT molecular complexity index is 572. The van der Waals surface area contributed by atoms with Gasteiger partial charge in [-0.2, -0.15) is 0 Å². The van der Waals surface area contributed by atoms with E-state index in [-0.39, 0.29) is 22.7 Å². The zero-order chi connectivity index (χ0) is 15.3. The Hall–Kier alpha value is -0.820. The molecular weight excluding hydrogens is 324 g/mol. The fourth-order valence-electron chi connectivity index (χ4n) is 2.52. The molecule has 1 aromatic carbocycles. The molecule has 0 bridgehead atoms. The summed E-state index contributed by atoms with van der Waals surface area (Å²) in [6, 6.07) is 6.61. The Balaban J connectivity index is 0.00000242. The van der Waals surface area contributed by atoms with Crippen molar-refractivity contribution in [1.29, 1.82) is 0 Å². The van der Waals surface area contributed by atoms with Crippen LogP contribution in [0, 0.1) is 5.41 Å². The number of benzene rings is 1. The number of sulfonamides is 1. The third-order valence-electron chi connectivity index (χ3n) is 3.80. The molecule has 126 valence electrons. The minimum absolute atomic E-state index is 0. The second-order valence-corrected chi connectivity index (χ2v) is 7.59. The van der Waals surface area contributed by atoms with E-state index >= 15 is 0 Å². The van der Waals surface area contributed by atoms with Crippen LogP contribution in [-0.2, 0) is 10.0 Å². The van der Waals surface area contributed by atoms with Crippen LogP contribution < -0.4 is 14.8 Å². The van der Waals surface area contributed by atoms with Gasteiger partial charge in [-0.05, 0) is 43.9 Å². The van der Waals surface area contributed by atoms with Crippen LogP contribution in [0.15, 0.2) is 29.2 Å². The first kappa shape index (κ1) is 19.2. The monoisotopic (exact) mass is 348 g/mol. The Morgan fingerprint density at radius 2 is 2.18 bits per heavy atom. The highest BCUT2D eigenvalue weighted by molar-refractivity contribution is 7.89. The first-order valence-corrected chi connectivity index (χ1v) is 8.87. The lowest BCUT2D eigenvalue weighted by Crippen LogP contribution is -2.45. The summed E-state index contributed by atoms with van der Waals surface area (Å²) in [5.41, 5.74) is -0.0250. The minimum Gasteiger partial charge on any atom is -0.494 e. The lowest BCUT2D eigenvalue weighted by molar-refractivity contribution is 0.238. The van der Waals surface area contributed by atoms with E-state index in [4.69, 9.17) is 4.74 Å². The van der Waals surface area contributed by atoms with Crippen molar-refractivity contribution in [2.75, 3.05) is 26.2 Å². The molecule has 5 nitrogen and oxygen atoms in total. The van der Waals surface area contributed by atoms with E-state index in [1.165, 1.54) is 0 Å². The summed E-state index contributed by atoms with van der Waals surface area (Å²) in [5, 5.41) is 3.32. The molecule has 1 unspecified atom stereocenters. The van der Waals surface area contributed by atoms with Gasteiger partial charge in [0.1, 0.15) is 5.75 Å². The van der Waals surface area contributed by atoms with Crippen LogP contribution >= 0.6 is 12.4 Å². The summed E-state index contributed by atoms with van der Waals surface area (Å²) in [7, 11) is -3.50. The Morgan fingerprint density at radius 3 is 2.82 bits per heavy atom. The zero-order valence-corrected chi connectivity index (χ0v) is 14.7. The summed E-state index contributed by atoms with van der Waals surface area (Å²) in [6.45, 7) is 6.80. The molecule has 0 amide bonds. The van der Waals surface area contributed by atoms with Crippen molar-refractivity contribution in [1.82, 2.24) is 10.0 Å². The molecule has 0 spiro atoms. The van der Waals surface area contributed by atoms with Crippen molar-refractivity contribution >= 4 is 22.4 Å². The SMILES string of the molecule is CCOc1cccc(S(=O)(=O)NCC2(C)CCCNC2)c1.Cl. The maximum absolute atomic E-state index is 12.4. The summed E-state index contributed by atoms with van der Waals surface area (Å²) >= 11 is 0. The number of rotatable bonds is 6. The summed E-state index contributed by atoms with van der Waals surface area (Å²) in [4.78, 5) is 0.251. The van der Waals surface area contributed by atoms with Gasteiger partial charge >= 0.3 is 0 Å². The van der Waals surface area contributed by atoms with Gasteiger partial charge in [0.15, 0.2) is 0 Å². The molecule has 1 aliphatic rings. The molecule has 1 heterocycles. The van der Waals surface area contributed by atoms with Gasteiger partial charge in [-0.1, -0.05) is 13.0 Å². The van der Waals surface area contributed by atoms with E-state index in [9.17, 15) is 8.42 Å². The van der Waals surface area contributed by atoms with E-state index in [0.717, 1.165) is 25.9 Å². The van der Waals surface area contributed by atoms with E-state index in [0.29, 0.717) is 18.9 Å². The van der Waals surface area contributed by atoms with E-state index in [1.54, 1.807) is 24.3 Å². The fraction of sp³-hybridized carbons (Fsp3) is 0.600. The van der Waals surface area contributed by atoms with Crippen LogP contribution in [0.25, 0.3) is 0 Å². The average Bonchev–Trinajstić information content (AvgIpc) is 2.47. The molecule has 0 aromatic heterocycles. The molecular formula is C15H25ClN2O3S. The molecule has 1 aliphatic heterocycles. The third-order valence-corrected chi connectivity index (χ3v) is 5.20. The molecule has 1 atom stereocenters. The van der Waals surface area contributed by atoms with Crippen LogP contribution in [0.2, 0.25) is 0 Å². The Morgan fingerprint density at radius 1 is 1.41 bits per heavy atom. The number of hydrogen-bond acceptors (Lipinski definition) is 4. The molecule has 2 rings (SSSR count). The van der Waals surface area contributed by atoms with Crippen LogP contribution in [0.5, 0.6) is 5.75 Å². The molecule has 0 aliphatic carbocycles. The largest absolute Gasteiger partial charge is 0.494 e. The lowest BCUT2D eigenvalue weighted by atomic mass is 9.83. The average molecular weight is 349 g/mol. The molecule has 1 aromatic rings. The van der Waals surface area contributed by atoms with Gasteiger partial charge in [0.2, 0.25) is 10.0 Å². The van der Waals surface area contributed by atoms with Crippen molar-refractivity contribution < 1.29 is 13.2 Å². The highest BCUT2D eigenvalue weighted by Gasteiger charge is 2.28. The van der Waals surface area contributed by atoms with Gasteiger partial charge in [0.05, 0.1) is 11.5 Å². The number of halogens is 1. The molecule has 7 heteroatoms. The number of hydrogen-bond donors (Lipinski definition) is 2. The van der Waals surface area contributed by atoms with Crippen LogP contribution in [0.3, 0.4) is 0 Å². The van der Waals surface area contributed by atoms with Gasteiger partial charge in [-0.15, -0.1) is 12.4 Å². The van der Waals surface area contributed by atoms with E-state index < -0.39 is 10.0 Å². The number of nitrogens with one attached hydrogen (secondary N) is 2. The summed E-state index contributed by atoms with van der Waals surface area (Å²) < 4.78 is 32.9. The quantitative estimate of drug-likeness (QED) is 0.826. The minimum atomic E-state index is -3.50. The zero-order valence-electron chi connectivity index (χ0n) is 13.1. The highest BCUT2D eigenvalue weighted by Crippen LogP contribution is 2.25. The van der Waals surface area contributed by atoms with Crippen LogP contribution in [0.4, 0.5) is 0 Å². The molecule has 0 saturated carbocycles. The second-order valence-electron chi connectivity index (χ2n) is 5.82. The van der Waals surface area contributed by atoms with Crippen molar-refractivity contribution in [3.63, 3.8) is 0 Å². The maximum Gasteiger partial charge on any atom is 0.240 e. The predicted molar refractivity (Wildman–Crippen MR) is 90.3 cm³/mol. The smallest absolute Gasteiger partial charge is 0.240 e. The van der Waals surface area contributed by atoms with Crippen molar-refractivity contribution in [3.05, 3.63) is 24.3 Å². The van der Waals surface area contributed by atoms with E-state index in [1.807, 2.05) is 6.92 Å². The predicted octanol–water partition coefficient (Wildman–Crippen LogP) is 2.18. The molecule has 1 fully saturated rings. The fourth-order valence-corrected chi connectivity index (χ4v) is 3.75. The molecule has 2 N–H and O–H groups in total. The van der Waals surface area contributed by atoms with Gasteiger partial charge in [0.25, 0.3) is 0 Å². The Kier molecular flexibility index (Phi) is 7.12. The molecule has 1 saturated heterocycles. The van der Waals surface area contributed by atoms with Crippen molar-refractivity contribution in [2.45, 2.75) is 31.6 Å². The molecule has 0 radical (unpaired) electrons. The van der Waals surface area contributed by atoms with Gasteiger partial charge < -0.3 is 10.1 Å². The van der Waals surface area contributed by atoms with Crippen LogP contribution in [-0.4, -0.2) is 34.7 Å². The molecule has 22 heavy (non-hydrogen) atoms. The van der Waals surface area contributed by atoms with Crippen molar-refractivity contribution in [2.24, 2.45) is 5.41 Å². The number of piperidine rings is 1. The first-order valence-electron chi connectivity index (χ1n) is 7.38. The Labute approximate surface area is 139 Å². The van der Waals surface area contributed by atoms with Crippen molar-refractivity contribution in [3.8, 4) is 5.75 Å². The topological polar surface area (TPSA) is 67.4 Å². The highest BCUT2D eigenvalue weighted by atomic mass is 35.5. The number of ether oxygens (including phenoxy) is 1. The van der Waals surface area contributed by atoms with Gasteiger partial charge in [0, 0.05) is 19.2 Å². The standard InChI is InChI=1S/C15H24N2O3S.ClH/c1-3-20-13-6-4-7-14(10-13)21(18,19)17-12-15(2)8-5-9-16-11-15;/h4,6-7,10,16-17H,3,5,8-9,11-12H2,1-2H3;1H. The normalized spacial score (nSPS) is 21.9. The van der Waals surface area contributed by atoms with Gasteiger partial charge in [-0.3, -0.25) is 0 Å². The second kappa shape index (κ2) is 8.15. The third kappa shape index (κ3) is 5.12. The van der Waals surface area contributed by atoms with Gasteiger partial charge in [-0.25, -0.2) is 13.1 Å². The summed E-state index contributed by atoms with van der Waals surface area (Å²) in [5.74, 6) is 0.575. The van der Waals surface area contributed by atoms with Crippen LogP contribution in [0.1, 0.15) is 26.7 Å². The summed E-state index contributed by atoms with van der Waals surface area (Å²) in [6.07, 6.45) is 2.11. The maximum atomic E-state index is 12.4. The lowest BCUT2D eigenvalue weighted by Gasteiger charge is -2.34. The van der Waals surface area contributed by atoms with E-state index in [2.05, 4.69) is 17.0 Å². The first-order chi connectivity index (χ1) is 9.95.